The lowest BCUT2D eigenvalue weighted by Gasteiger charge is -2.16. The number of ether oxygens (including phenoxy) is 1. The van der Waals surface area contributed by atoms with E-state index < -0.39 is 0 Å². The molecule has 0 spiro atoms. The van der Waals surface area contributed by atoms with Gasteiger partial charge in [0.2, 0.25) is 0 Å². The Morgan fingerprint density at radius 1 is 1.23 bits per heavy atom. The number of nitrogens with one attached hydrogen (secondary N) is 1. The van der Waals surface area contributed by atoms with Crippen molar-refractivity contribution >= 4 is 29.9 Å². The van der Waals surface area contributed by atoms with Crippen molar-refractivity contribution in [1.82, 2.24) is 5.32 Å². The van der Waals surface area contributed by atoms with Gasteiger partial charge in [-0.2, -0.15) is 0 Å². The molecule has 5 heteroatoms. The van der Waals surface area contributed by atoms with Crippen LogP contribution in [0.5, 0.6) is 0 Å². The van der Waals surface area contributed by atoms with Gasteiger partial charge in [-0.15, -0.1) is 24.0 Å². The lowest BCUT2D eigenvalue weighted by atomic mass is 10.1. The molecule has 124 valence electrons. The Labute approximate surface area is 150 Å². The fourth-order valence-corrected chi connectivity index (χ4v) is 2.84. The van der Waals surface area contributed by atoms with E-state index in [4.69, 9.17) is 10.5 Å². The summed E-state index contributed by atoms with van der Waals surface area (Å²) in [5.41, 5.74) is 8.34. The van der Waals surface area contributed by atoms with Crippen molar-refractivity contribution in [3.8, 4) is 0 Å². The Morgan fingerprint density at radius 3 is 2.59 bits per heavy atom. The van der Waals surface area contributed by atoms with Crippen LogP contribution in [0, 0.1) is 0 Å². The Bertz CT molecular complexity index is 457. The van der Waals surface area contributed by atoms with Crippen LogP contribution in [0.4, 0.5) is 0 Å². The van der Waals surface area contributed by atoms with Gasteiger partial charge in [0, 0.05) is 13.2 Å². The molecule has 0 atom stereocenters. The maximum atomic E-state index is 6.01. The van der Waals surface area contributed by atoms with Gasteiger partial charge in [-0.25, -0.2) is 4.99 Å². The van der Waals surface area contributed by atoms with Crippen molar-refractivity contribution < 1.29 is 4.74 Å². The molecule has 0 unspecified atom stereocenters. The summed E-state index contributed by atoms with van der Waals surface area (Å²) < 4.78 is 5.15. The Kier molecular flexibility index (Phi) is 9.47. The average Bonchev–Trinajstić information content (AvgIpc) is 2.75. The van der Waals surface area contributed by atoms with Gasteiger partial charge in [0.25, 0.3) is 0 Å². The lowest BCUT2D eigenvalue weighted by Crippen LogP contribution is -2.39. The van der Waals surface area contributed by atoms with E-state index in [0.717, 1.165) is 5.56 Å². The van der Waals surface area contributed by atoms with E-state index in [1.807, 2.05) is 6.07 Å². The minimum Gasteiger partial charge on any atom is -0.380 e. The van der Waals surface area contributed by atoms with Crippen LogP contribution in [0.1, 0.15) is 49.7 Å². The zero-order valence-corrected chi connectivity index (χ0v) is 15.7. The molecule has 2 rings (SSSR count). The molecule has 1 fully saturated rings. The molecule has 3 N–H and O–H groups in total. The number of nitrogens with zero attached hydrogens (tertiary/aromatic N) is 1. The normalized spacial score (nSPS) is 16.7. The van der Waals surface area contributed by atoms with Crippen molar-refractivity contribution in [1.29, 1.82) is 0 Å². The molecule has 1 aromatic carbocycles. The first-order valence-corrected chi connectivity index (χ1v) is 7.91. The fourth-order valence-electron chi connectivity index (χ4n) is 2.84. The van der Waals surface area contributed by atoms with Crippen LogP contribution in [0.15, 0.2) is 29.3 Å². The third-order valence-corrected chi connectivity index (χ3v) is 3.94. The number of guanidine groups is 1. The van der Waals surface area contributed by atoms with E-state index in [1.165, 1.54) is 44.1 Å². The van der Waals surface area contributed by atoms with Crippen LogP contribution in [0.2, 0.25) is 0 Å². The highest BCUT2D eigenvalue weighted by atomic mass is 127. The van der Waals surface area contributed by atoms with Crippen LogP contribution < -0.4 is 11.1 Å². The van der Waals surface area contributed by atoms with E-state index in [9.17, 15) is 0 Å². The average molecular weight is 417 g/mol. The van der Waals surface area contributed by atoms with E-state index >= 15 is 0 Å². The Morgan fingerprint density at radius 2 is 1.91 bits per heavy atom. The van der Waals surface area contributed by atoms with Crippen LogP contribution in [0.25, 0.3) is 0 Å². The summed E-state index contributed by atoms with van der Waals surface area (Å²) in [6.07, 6.45) is 7.70. The minimum atomic E-state index is 0. The summed E-state index contributed by atoms with van der Waals surface area (Å²) in [5, 5.41) is 3.37. The zero-order chi connectivity index (χ0) is 14.9. The molecule has 0 amide bonds. The van der Waals surface area contributed by atoms with Crippen LogP contribution >= 0.6 is 24.0 Å². The van der Waals surface area contributed by atoms with Gasteiger partial charge in [-0.3, -0.25) is 0 Å². The summed E-state index contributed by atoms with van der Waals surface area (Å²) in [4.78, 5) is 4.46. The number of benzene rings is 1. The van der Waals surface area contributed by atoms with Crippen LogP contribution in [-0.4, -0.2) is 19.1 Å². The highest BCUT2D eigenvalue weighted by molar-refractivity contribution is 14.0. The number of rotatable bonds is 5. The highest BCUT2D eigenvalue weighted by Gasteiger charge is 2.12. The quantitative estimate of drug-likeness (QED) is 0.333. The standard InChI is InChI=1S/C17H27N3O.HI/c1-21-13-15-8-6-7-14(11-15)12-19-17(18)20-16-9-4-2-3-5-10-16;/h6-8,11,16H,2-5,9-10,12-13H2,1H3,(H3,18,19,20);1H. The van der Waals surface area contributed by atoms with Gasteiger partial charge >= 0.3 is 0 Å². The molecule has 1 aliphatic rings. The molecule has 1 aliphatic carbocycles. The van der Waals surface area contributed by atoms with Gasteiger partial charge in [-0.1, -0.05) is 49.9 Å². The van der Waals surface area contributed by atoms with E-state index in [1.54, 1.807) is 7.11 Å². The van der Waals surface area contributed by atoms with Crippen molar-refractivity contribution in [3.05, 3.63) is 35.4 Å². The van der Waals surface area contributed by atoms with Gasteiger partial charge in [0.05, 0.1) is 13.2 Å². The molecule has 0 bridgehead atoms. The predicted molar refractivity (Wildman–Crippen MR) is 103 cm³/mol. The molecular formula is C17H28IN3O. The number of hydrogen-bond donors (Lipinski definition) is 2. The first-order valence-electron chi connectivity index (χ1n) is 7.91. The summed E-state index contributed by atoms with van der Waals surface area (Å²) in [7, 11) is 1.71. The second kappa shape index (κ2) is 10.8. The second-order valence-corrected chi connectivity index (χ2v) is 5.79. The molecule has 1 aromatic rings. The third-order valence-electron chi connectivity index (χ3n) is 3.94. The van der Waals surface area contributed by atoms with Gasteiger partial charge in [0.15, 0.2) is 5.96 Å². The molecule has 0 radical (unpaired) electrons. The van der Waals surface area contributed by atoms with Gasteiger partial charge in [-0.05, 0) is 24.0 Å². The van der Waals surface area contributed by atoms with Crippen molar-refractivity contribution in [2.75, 3.05) is 7.11 Å². The van der Waals surface area contributed by atoms with Crippen LogP contribution in [0.3, 0.4) is 0 Å². The molecule has 0 aromatic heterocycles. The van der Waals surface area contributed by atoms with Crippen LogP contribution in [-0.2, 0) is 17.9 Å². The second-order valence-electron chi connectivity index (χ2n) is 5.79. The van der Waals surface area contributed by atoms with Gasteiger partial charge < -0.3 is 15.8 Å². The molecule has 1 saturated carbocycles. The SMILES string of the molecule is COCc1cccc(CN=C(N)NC2CCCCCC2)c1.I. The topological polar surface area (TPSA) is 59.6 Å². The zero-order valence-electron chi connectivity index (χ0n) is 13.4. The molecule has 22 heavy (non-hydrogen) atoms. The Hall–Kier alpha value is -0.820. The largest absolute Gasteiger partial charge is 0.380 e. The summed E-state index contributed by atoms with van der Waals surface area (Å²) in [6, 6.07) is 8.78. The van der Waals surface area contributed by atoms with Gasteiger partial charge in [0.1, 0.15) is 0 Å². The molecule has 0 aliphatic heterocycles. The lowest BCUT2D eigenvalue weighted by molar-refractivity contribution is 0.185. The maximum Gasteiger partial charge on any atom is 0.189 e. The summed E-state index contributed by atoms with van der Waals surface area (Å²) in [5.74, 6) is 0.569. The Balaban J connectivity index is 0.00000242. The first kappa shape index (κ1) is 19.2. The predicted octanol–water partition coefficient (Wildman–Crippen LogP) is 3.58. The van der Waals surface area contributed by atoms with E-state index in [0.29, 0.717) is 25.2 Å². The van der Waals surface area contributed by atoms with E-state index in [-0.39, 0.29) is 24.0 Å². The molecule has 0 saturated heterocycles. The maximum absolute atomic E-state index is 6.01. The highest BCUT2D eigenvalue weighted by Crippen LogP contribution is 2.17. The van der Waals surface area contributed by atoms with Crippen molar-refractivity contribution in [2.24, 2.45) is 10.7 Å². The number of hydrogen-bond acceptors (Lipinski definition) is 2. The fraction of sp³-hybridized carbons (Fsp3) is 0.588. The molecule has 0 heterocycles. The monoisotopic (exact) mass is 417 g/mol. The number of methoxy groups -OCH3 is 1. The molecule has 4 nitrogen and oxygen atoms in total. The number of nitrogens with two attached hydrogens (primary N) is 1. The van der Waals surface area contributed by atoms with E-state index in [2.05, 4.69) is 28.5 Å². The minimum absolute atomic E-state index is 0. The number of halogens is 1. The number of aliphatic imine (C=N–C) groups is 1. The third kappa shape index (κ3) is 6.96. The summed E-state index contributed by atoms with van der Waals surface area (Å²) in [6.45, 7) is 1.25. The van der Waals surface area contributed by atoms with Crippen molar-refractivity contribution in [2.45, 2.75) is 57.7 Å². The summed E-state index contributed by atoms with van der Waals surface area (Å²) >= 11 is 0. The van der Waals surface area contributed by atoms with Crippen molar-refractivity contribution in [3.63, 3.8) is 0 Å². The smallest absolute Gasteiger partial charge is 0.189 e. The first-order chi connectivity index (χ1) is 10.3. The molecular weight excluding hydrogens is 389 g/mol.